The van der Waals surface area contributed by atoms with Crippen molar-refractivity contribution < 1.29 is 19.4 Å². The van der Waals surface area contributed by atoms with Crippen molar-refractivity contribution in [2.24, 2.45) is 0 Å². The Morgan fingerprint density at radius 3 is 2.94 bits per heavy atom. The van der Waals surface area contributed by atoms with Gasteiger partial charge in [0, 0.05) is 13.6 Å². The van der Waals surface area contributed by atoms with Gasteiger partial charge < -0.3 is 19.5 Å². The van der Waals surface area contributed by atoms with Gasteiger partial charge in [-0.25, -0.2) is 0 Å². The second kappa shape index (κ2) is 4.40. The van der Waals surface area contributed by atoms with Gasteiger partial charge in [-0.05, 0) is 17.7 Å². The van der Waals surface area contributed by atoms with Gasteiger partial charge >= 0.3 is 0 Å². The van der Waals surface area contributed by atoms with Crippen molar-refractivity contribution in [3.8, 4) is 11.5 Å². The summed E-state index contributed by atoms with van der Waals surface area (Å²) < 4.78 is 10.4. The lowest BCUT2D eigenvalue weighted by atomic mass is 10.2. The van der Waals surface area contributed by atoms with Crippen molar-refractivity contribution in [2.75, 3.05) is 20.4 Å². The maximum absolute atomic E-state index is 11.2. The first-order valence-electron chi connectivity index (χ1n) is 4.94. The van der Waals surface area contributed by atoms with Crippen LogP contribution in [0.1, 0.15) is 5.56 Å². The van der Waals surface area contributed by atoms with E-state index in [1.807, 2.05) is 18.2 Å². The molecule has 0 spiro atoms. The normalized spacial score (nSPS) is 12.6. The molecule has 16 heavy (non-hydrogen) atoms. The number of amides is 1. The molecule has 0 aromatic heterocycles. The van der Waals surface area contributed by atoms with Crippen molar-refractivity contribution >= 4 is 5.91 Å². The van der Waals surface area contributed by atoms with Gasteiger partial charge in [0.1, 0.15) is 6.61 Å². The molecule has 1 heterocycles. The zero-order chi connectivity index (χ0) is 11.5. The maximum Gasteiger partial charge on any atom is 0.248 e. The van der Waals surface area contributed by atoms with E-state index in [-0.39, 0.29) is 12.7 Å². The minimum atomic E-state index is -0.471. The molecule has 0 aliphatic carbocycles. The molecule has 1 aromatic rings. The number of carbonyl (C=O) groups is 1. The molecule has 1 amide bonds. The summed E-state index contributed by atoms with van der Waals surface area (Å²) in [6.07, 6.45) is 0. The third-order valence-corrected chi connectivity index (χ3v) is 2.42. The van der Waals surface area contributed by atoms with Crippen LogP contribution in [0.25, 0.3) is 0 Å². The van der Waals surface area contributed by atoms with Crippen molar-refractivity contribution in [3.05, 3.63) is 23.8 Å². The summed E-state index contributed by atoms with van der Waals surface area (Å²) in [5.74, 6) is 1.11. The SMILES string of the molecule is CN(Cc1ccc2c(c1)OCO2)C(=O)CO. The highest BCUT2D eigenvalue weighted by atomic mass is 16.7. The van der Waals surface area contributed by atoms with Crippen molar-refractivity contribution in [1.82, 2.24) is 4.90 Å². The van der Waals surface area contributed by atoms with E-state index in [2.05, 4.69) is 0 Å². The molecule has 2 rings (SSSR count). The van der Waals surface area contributed by atoms with Crippen LogP contribution in [0.2, 0.25) is 0 Å². The summed E-state index contributed by atoms with van der Waals surface area (Å²) >= 11 is 0. The second-order valence-corrected chi connectivity index (χ2v) is 3.60. The van der Waals surface area contributed by atoms with E-state index >= 15 is 0 Å². The molecular formula is C11H13NO4. The molecule has 0 saturated carbocycles. The number of aliphatic hydroxyl groups is 1. The first-order chi connectivity index (χ1) is 7.70. The minimum Gasteiger partial charge on any atom is -0.454 e. The molecule has 1 N–H and O–H groups in total. The van der Waals surface area contributed by atoms with Crippen LogP contribution in [0.15, 0.2) is 18.2 Å². The molecule has 86 valence electrons. The molecule has 1 aromatic carbocycles. The highest BCUT2D eigenvalue weighted by molar-refractivity contribution is 5.76. The van der Waals surface area contributed by atoms with Gasteiger partial charge in [-0.15, -0.1) is 0 Å². The quantitative estimate of drug-likeness (QED) is 0.804. The summed E-state index contributed by atoms with van der Waals surface area (Å²) in [6, 6.07) is 5.52. The van der Waals surface area contributed by atoms with Crippen molar-refractivity contribution in [2.45, 2.75) is 6.54 Å². The van der Waals surface area contributed by atoms with Crippen LogP contribution in [0, 0.1) is 0 Å². The van der Waals surface area contributed by atoms with Gasteiger partial charge in [0.2, 0.25) is 12.7 Å². The van der Waals surface area contributed by atoms with Crippen molar-refractivity contribution in [3.63, 3.8) is 0 Å². The van der Waals surface area contributed by atoms with Gasteiger partial charge in [-0.3, -0.25) is 4.79 Å². The summed E-state index contributed by atoms with van der Waals surface area (Å²) in [4.78, 5) is 12.6. The number of fused-ring (bicyclic) bond motifs is 1. The fourth-order valence-corrected chi connectivity index (χ4v) is 1.52. The Kier molecular flexibility index (Phi) is 2.96. The summed E-state index contributed by atoms with van der Waals surface area (Å²) in [5, 5.41) is 8.70. The van der Waals surface area contributed by atoms with E-state index in [9.17, 15) is 4.79 Å². The number of benzene rings is 1. The van der Waals surface area contributed by atoms with Gasteiger partial charge in [0.25, 0.3) is 0 Å². The fraction of sp³-hybridized carbons (Fsp3) is 0.364. The Hall–Kier alpha value is -1.75. The number of ether oxygens (including phenoxy) is 2. The largest absolute Gasteiger partial charge is 0.454 e. The monoisotopic (exact) mass is 223 g/mol. The lowest BCUT2D eigenvalue weighted by Gasteiger charge is -2.15. The standard InChI is InChI=1S/C11H13NO4/c1-12(11(14)6-13)5-8-2-3-9-10(4-8)16-7-15-9/h2-4,13H,5-7H2,1H3. The molecule has 1 aliphatic heterocycles. The first-order valence-corrected chi connectivity index (χ1v) is 4.94. The predicted octanol–water partition coefficient (Wildman–Crippen LogP) is 0.366. The number of aliphatic hydroxyl groups excluding tert-OH is 1. The zero-order valence-corrected chi connectivity index (χ0v) is 8.97. The molecule has 1 aliphatic rings. The summed E-state index contributed by atoms with van der Waals surface area (Å²) in [7, 11) is 1.64. The topological polar surface area (TPSA) is 59.0 Å². The smallest absolute Gasteiger partial charge is 0.248 e. The van der Waals surface area contributed by atoms with Crippen LogP contribution >= 0.6 is 0 Å². The Morgan fingerprint density at radius 2 is 2.19 bits per heavy atom. The minimum absolute atomic E-state index is 0.240. The van der Waals surface area contributed by atoms with Crippen LogP contribution < -0.4 is 9.47 Å². The van der Waals surface area contributed by atoms with Crippen molar-refractivity contribution in [1.29, 1.82) is 0 Å². The van der Waals surface area contributed by atoms with E-state index < -0.39 is 6.61 Å². The number of likely N-dealkylation sites (N-methyl/N-ethyl adjacent to an activating group) is 1. The highest BCUT2D eigenvalue weighted by Gasteiger charge is 2.14. The molecule has 0 saturated heterocycles. The molecule has 0 bridgehead atoms. The van der Waals surface area contributed by atoms with E-state index in [0.717, 1.165) is 11.3 Å². The van der Waals surface area contributed by atoms with E-state index in [1.54, 1.807) is 7.05 Å². The van der Waals surface area contributed by atoms with Crippen LogP contribution in [0.3, 0.4) is 0 Å². The zero-order valence-electron chi connectivity index (χ0n) is 8.97. The van der Waals surface area contributed by atoms with Gasteiger partial charge in [-0.1, -0.05) is 6.07 Å². The molecule has 5 heteroatoms. The average molecular weight is 223 g/mol. The van der Waals surface area contributed by atoms with Crippen LogP contribution in [0.5, 0.6) is 11.5 Å². The summed E-state index contributed by atoms with van der Waals surface area (Å²) in [6.45, 7) is 0.210. The highest BCUT2D eigenvalue weighted by Crippen LogP contribution is 2.32. The second-order valence-electron chi connectivity index (χ2n) is 3.60. The first kappa shape index (κ1) is 10.8. The Morgan fingerprint density at radius 1 is 1.44 bits per heavy atom. The van der Waals surface area contributed by atoms with Gasteiger partial charge in [0.05, 0.1) is 0 Å². The van der Waals surface area contributed by atoms with Crippen LogP contribution in [-0.4, -0.2) is 36.4 Å². The lowest BCUT2D eigenvalue weighted by Crippen LogP contribution is -2.28. The number of hydrogen-bond donors (Lipinski definition) is 1. The number of rotatable bonds is 3. The summed E-state index contributed by atoms with van der Waals surface area (Å²) in [5.41, 5.74) is 0.938. The number of hydrogen-bond acceptors (Lipinski definition) is 4. The third-order valence-electron chi connectivity index (χ3n) is 2.42. The Bertz CT molecular complexity index is 405. The molecule has 0 fully saturated rings. The van der Waals surface area contributed by atoms with E-state index in [4.69, 9.17) is 14.6 Å². The maximum atomic E-state index is 11.2. The number of carbonyl (C=O) groups excluding carboxylic acids is 1. The third kappa shape index (κ3) is 2.09. The molecule has 5 nitrogen and oxygen atoms in total. The predicted molar refractivity (Wildman–Crippen MR) is 56.1 cm³/mol. The number of nitrogens with zero attached hydrogens (tertiary/aromatic N) is 1. The Balaban J connectivity index is 2.08. The fourth-order valence-electron chi connectivity index (χ4n) is 1.52. The van der Waals surface area contributed by atoms with Crippen LogP contribution in [-0.2, 0) is 11.3 Å². The van der Waals surface area contributed by atoms with Gasteiger partial charge in [0.15, 0.2) is 11.5 Å². The van der Waals surface area contributed by atoms with Gasteiger partial charge in [-0.2, -0.15) is 0 Å². The molecule has 0 radical (unpaired) electrons. The average Bonchev–Trinajstić information content (AvgIpc) is 2.75. The van der Waals surface area contributed by atoms with E-state index in [0.29, 0.717) is 12.3 Å². The molecule has 0 atom stereocenters. The molecule has 0 unspecified atom stereocenters. The van der Waals surface area contributed by atoms with Crippen LogP contribution in [0.4, 0.5) is 0 Å². The lowest BCUT2D eigenvalue weighted by molar-refractivity contribution is -0.133. The molecular weight excluding hydrogens is 210 g/mol. The Labute approximate surface area is 93.2 Å². The van der Waals surface area contributed by atoms with E-state index in [1.165, 1.54) is 4.90 Å².